The zero-order valence-electron chi connectivity index (χ0n) is 11.7. The molecule has 1 aromatic heterocycles. The van der Waals surface area contributed by atoms with Gasteiger partial charge in [-0.05, 0) is 50.4 Å². The van der Waals surface area contributed by atoms with Gasteiger partial charge in [-0.1, -0.05) is 33.2 Å². The molecule has 0 saturated carbocycles. The van der Waals surface area contributed by atoms with Crippen molar-refractivity contribution < 1.29 is 4.52 Å². The number of nitrogens with one attached hydrogen (secondary N) is 1. The maximum absolute atomic E-state index is 5.36. The number of hydrogen-bond donors (Lipinski definition) is 1. The van der Waals surface area contributed by atoms with E-state index in [1.165, 1.54) is 12.8 Å². The van der Waals surface area contributed by atoms with Crippen LogP contribution in [0, 0.1) is 5.92 Å². The van der Waals surface area contributed by atoms with Crippen LogP contribution >= 0.6 is 28.3 Å². The predicted octanol–water partition coefficient (Wildman–Crippen LogP) is 3.85. The van der Waals surface area contributed by atoms with Gasteiger partial charge in [-0.15, -0.1) is 12.4 Å². The van der Waals surface area contributed by atoms with Gasteiger partial charge in [0.1, 0.15) is 0 Å². The molecule has 6 heteroatoms. The number of aromatic nitrogens is 2. The molecular formula is C15H19BrClN3O. The Morgan fingerprint density at radius 1 is 1.29 bits per heavy atom. The van der Waals surface area contributed by atoms with Gasteiger partial charge in [0.05, 0.1) is 0 Å². The van der Waals surface area contributed by atoms with E-state index in [4.69, 9.17) is 4.52 Å². The summed E-state index contributed by atoms with van der Waals surface area (Å²) in [5.41, 5.74) is 0.983. The summed E-state index contributed by atoms with van der Waals surface area (Å²) in [6, 6.07) is 7.96. The minimum absolute atomic E-state index is 0. The van der Waals surface area contributed by atoms with Crippen LogP contribution in [0.15, 0.2) is 33.3 Å². The van der Waals surface area contributed by atoms with Crippen molar-refractivity contribution in [3.8, 4) is 11.4 Å². The summed E-state index contributed by atoms with van der Waals surface area (Å²) in [6.45, 7) is 2.27. The van der Waals surface area contributed by atoms with Crippen LogP contribution in [0.5, 0.6) is 0 Å². The number of piperidine rings is 1. The molecule has 0 amide bonds. The Balaban J connectivity index is 0.00000161. The normalized spacial score (nSPS) is 15.7. The summed E-state index contributed by atoms with van der Waals surface area (Å²) in [6.07, 6.45) is 4.53. The first kappa shape index (κ1) is 16.5. The van der Waals surface area contributed by atoms with Crippen molar-refractivity contribution in [2.75, 3.05) is 13.1 Å². The lowest BCUT2D eigenvalue weighted by Gasteiger charge is -2.21. The van der Waals surface area contributed by atoms with Gasteiger partial charge in [0.15, 0.2) is 0 Å². The molecule has 0 radical (unpaired) electrons. The minimum atomic E-state index is 0. The lowest BCUT2D eigenvalue weighted by molar-refractivity contribution is 0.324. The van der Waals surface area contributed by atoms with E-state index in [1.54, 1.807) is 0 Å². The SMILES string of the molecule is Brc1cccc(-c2noc(CCC3CCNCC3)n2)c1.Cl. The Bertz CT molecular complexity index is 570. The third-order valence-corrected chi connectivity index (χ3v) is 4.27. The Morgan fingerprint density at radius 3 is 2.86 bits per heavy atom. The Labute approximate surface area is 139 Å². The second-order valence-corrected chi connectivity index (χ2v) is 6.17. The van der Waals surface area contributed by atoms with E-state index in [9.17, 15) is 0 Å². The number of benzene rings is 1. The van der Waals surface area contributed by atoms with Crippen LogP contribution in [-0.2, 0) is 6.42 Å². The fraction of sp³-hybridized carbons (Fsp3) is 0.467. The molecule has 1 aliphatic heterocycles. The van der Waals surface area contributed by atoms with Crippen LogP contribution in [0.25, 0.3) is 11.4 Å². The molecule has 0 unspecified atom stereocenters. The highest BCUT2D eigenvalue weighted by Crippen LogP contribution is 2.22. The molecule has 21 heavy (non-hydrogen) atoms. The van der Waals surface area contributed by atoms with Crippen LogP contribution in [0.2, 0.25) is 0 Å². The summed E-state index contributed by atoms with van der Waals surface area (Å²) in [5, 5.41) is 7.46. The van der Waals surface area contributed by atoms with E-state index in [0.29, 0.717) is 5.82 Å². The van der Waals surface area contributed by atoms with Crippen LogP contribution in [0.1, 0.15) is 25.2 Å². The third-order valence-electron chi connectivity index (χ3n) is 3.78. The molecule has 114 valence electrons. The monoisotopic (exact) mass is 371 g/mol. The standard InChI is InChI=1S/C15H18BrN3O.ClH/c16-13-3-1-2-12(10-13)15-18-14(20-19-15)5-4-11-6-8-17-9-7-11;/h1-3,10-11,17H,4-9H2;1H. The highest BCUT2D eigenvalue weighted by Gasteiger charge is 2.15. The van der Waals surface area contributed by atoms with E-state index >= 15 is 0 Å². The summed E-state index contributed by atoms with van der Waals surface area (Å²) >= 11 is 3.46. The second kappa shape index (κ2) is 7.92. The summed E-state index contributed by atoms with van der Waals surface area (Å²) in [5.74, 6) is 2.21. The number of aryl methyl sites for hydroxylation is 1. The summed E-state index contributed by atoms with van der Waals surface area (Å²) < 4.78 is 6.38. The number of halogens is 2. The quantitative estimate of drug-likeness (QED) is 0.885. The molecule has 4 nitrogen and oxygen atoms in total. The highest BCUT2D eigenvalue weighted by atomic mass is 79.9. The summed E-state index contributed by atoms with van der Waals surface area (Å²) in [7, 11) is 0. The third kappa shape index (κ3) is 4.53. The Kier molecular flexibility index (Phi) is 6.21. The highest BCUT2D eigenvalue weighted by molar-refractivity contribution is 9.10. The molecule has 2 heterocycles. The number of nitrogens with zero attached hydrogens (tertiary/aromatic N) is 2. The van der Waals surface area contributed by atoms with Crippen molar-refractivity contribution in [1.82, 2.24) is 15.5 Å². The van der Waals surface area contributed by atoms with E-state index in [-0.39, 0.29) is 12.4 Å². The van der Waals surface area contributed by atoms with Crippen LogP contribution in [0.3, 0.4) is 0 Å². The lowest BCUT2D eigenvalue weighted by atomic mass is 9.93. The zero-order chi connectivity index (χ0) is 13.8. The Morgan fingerprint density at radius 2 is 2.10 bits per heavy atom. The van der Waals surface area contributed by atoms with Crippen molar-refractivity contribution in [3.05, 3.63) is 34.6 Å². The van der Waals surface area contributed by atoms with Gasteiger partial charge in [-0.2, -0.15) is 4.98 Å². The van der Waals surface area contributed by atoms with E-state index in [2.05, 4.69) is 31.4 Å². The molecule has 1 aliphatic rings. The van der Waals surface area contributed by atoms with Crippen molar-refractivity contribution in [2.45, 2.75) is 25.7 Å². The molecule has 0 bridgehead atoms. The molecule has 0 aliphatic carbocycles. The Hall–Kier alpha value is -0.910. The first-order chi connectivity index (χ1) is 9.81. The molecule has 1 fully saturated rings. The van der Waals surface area contributed by atoms with Crippen molar-refractivity contribution in [3.63, 3.8) is 0 Å². The van der Waals surface area contributed by atoms with Crippen LogP contribution in [-0.4, -0.2) is 23.2 Å². The molecule has 3 rings (SSSR count). The minimum Gasteiger partial charge on any atom is -0.339 e. The molecule has 1 saturated heterocycles. The molecular weight excluding hydrogens is 354 g/mol. The topological polar surface area (TPSA) is 51.0 Å². The molecule has 1 N–H and O–H groups in total. The van der Waals surface area contributed by atoms with Gasteiger partial charge in [0.25, 0.3) is 0 Å². The smallest absolute Gasteiger partial charge is 0.226 e. The average Bonchev–Trinajstić information content (AvgIpc) is 2.95. The maximum Gasteiger partial charge on any atom is 0.226 e. The maximum atomic E-state index is 5.36. The van der Waals surface area contributed by atoms with Crippen molar-refractivity contribution >= 4 is 28.3 Å². The van der Waals surface area contributed by atoms with Gasteiger partial charge < -0.3 is 9.84 Å². The van der Waals surface area contributed by atoms with Crippen molar-refractivity contribution in [2.24, 2.45) is 5.92 Å². The molecule has 2 aromatic rings. The average molecular weight is 373 g/mol. The van der Waals surface area contributed by atoms with Gasteiger partial charge in [-0.3, -0.25) is 0 Å². The molecule has 0 atom stereocenters. The largest absolute Gasteiger partial charge is 0.339 e. The van der Waals surface area contributed by atoms with Crippen LogP contribution in [0.4, 0.5) is 0 Å². The van der Waals surface area contributed by atoms with Gasteiger partial charge >= 0.3 is 0 Å². The fourth-order valence-electron chi connectivity index (χ4n) is 2.60. The first-order valence-corrected chi connectivity index (χ1v) is 7.90. The first-order valence-electron chi connectivity index (χ1n) is 7.10. The molecule has 1 aromatic carbocycles. The van der Waals surface area contributed by atoms with Crippen LogP contribution < -0.4 is 5.32 Å². The van der Waals surface area contributed by atoms with E-state index < -0.39 is 0 Å². The van der Waals surface area contributed by atoms with E-state index in [0.717, 1.165) is 47.8 Å². The second-order valence-electron chi connectivity index (χ2n) is 5.25. The van der Waals surface area contributed by atoms with Gasteiger partial charge in [0, 0.05) is 16.5 Å². The predicted molar refractivity (Wildman–Crippen MR) is 88.6 cm³/mol. The summed E-state index contributed by atoms with van der Waals surface area (Å²) in [4.78, 5) is 4.49. The number of hydrogen-bond acceptors (Lipinski definition) is 4. The number of rotatable bonds is 4. The van der Waals surface area contributed by atoms with E-state index in [1.807, 2.05) is 24.3 Å². The molecule has 0 spiro atoms. The fourth-order valence-corrected chi connectivity index (χ4v) is 3.00. The van der Waals surface area contributed by atoms with Crippen molar-refractivity contribution in [1.29, 1.82) is 0 Å². The van der Waals surface area contributed by atoms with Gasteiger partial charge in [-0.25, -0.2) is 0 Å². The zero-order valence-corrected chi connectivity index (χ0v) is 14.1. The lowest BCUT2D eigenvalue weighted by Crippen LogP contribution is -2.27. The van der Waals surface area contributed by atoms with Gasteiger partial charge in [0.2, 0.25) is 11.7 Å².